The smallest absolute Gasteiger partial charge is 0.336 e. The van der Waals surface area contributed by atoms with Crippen LogP contribution in [0.4, 0.5) is 29.5 Å². The van der Waals surface area contributed by atoms with Gasteiger partial charge in [0, 0.05) is 29.3 Å². The zero-order valence-electron chi connectivity index (χ0n) is 19.0. The highest BCUT2D eigenvalue weighted by Crippen LogP contribution is 2.29. The number of carbonyl (C=O) groups is 2. The van der Waals surface area contributed by atoms with Crippen molar-refractivity contribution >= 4 is 34.3 Å². The summed E-state index contributed by atoms with van der Waals surface area (Å²) in [5.74, 6) is -5.48. The SMILES string of the molecule is CC(C)(C)c1cc(NC(=O)Nc2cc(F)c(F)c(F)c2)n(-c2cc(C(=O)O)c3ccccc3c2)n1. The Labute approximate surface area is 198 Å². The molecule has 0 aliphatic rings. The fraction of sp³-hybridized carbons (Fsp3) is 0.160. The lowest BCUT2D eigenvalue weighted by atomic mass is 9.92. The third kappa shape index (κ3) is 4.81. The van der Waals surface area contributed by atoms with Gasteiger partial charge >= 0.3 is 12.0 Å². The number of carboxylic acids is 1. The van der Waals surface area contributed by atoms with Gasteiger partial charge in [-0.05, 0) is 22.9 Å². The number of carboxylic acid groups (broad SMARTS) is 1. The van der Waals surface area contributed by atoms with Crippen LogP contribution in [0.2, 0.25) is 0 Å². The molecule has 180 valence electrons. The van der Waals surface area contributed by atoms with Crippen LogP contribution in [-0.4, -0.2) is 26.9 Å². The second-order valence-corrected chi connectivity index (χ2v) is 8.93. The molecule has 0 saturated carbocycles. The van der Waals surface area contributed by atoms with Crippen LogP contribution < -0.4 is 10.6 Å². The molecule has 0 radical (unpaired) electrons. The van der Waals surface area contributed by atoms with Gasteiger partial charge in [-0.2, -0.15) is 5.10 Å². The quantitative estimate of drug-likeness (QED) is 0.307. The first-order chi connectivity index (χ1) is 16.4. The average molecular weight is 482 g/mol. The van der Waals surface area contributed by atoms with Crippen molar-refractivity contribution in [2.24, 2.45) is 0 Å². The molecule has 0 atom stereocenters. The first-order valence-electron chi connectivity index (χ1n) is 10.5. The van der Waals surface area contributed by atoms with Crippen molar-refractivity contribution in [3.8, 4) is 5.69 Å². The van der Waals surface area contributed by atoms with Crippen LogP contribution >= 0.6 is 0 Å². The van der Waals surface area contributed by atoms with Gasteiger partial charge in [0.05, 0.1) is 16.9 Å². The van der Waals surface area contributed by atoms with E-state index in [-0.39, 0.29) is 17.1 Å². The largest absolute Gasteiger partial charge is 0.478 e. The van der Waals surface area contributed by atoms with Crippen molar-refractivity contribution in [1.29, 1.82) is 0 Å². The van der Waals surface area contributed by atoms with Crippen LogP contribution in [0.15, 0.2) is 54.6 Å². The molecular weight excluding hydrogens is 461 g/mol. The summed E-state index contributed by atoms with van der Waals surface area (Å²) in [6.45, 7) is 5.74. The minimum absolute atomic E-state index is 0.0542. The van der Waals surface area contributed by atoms with Gasteiger partial charge in [0.15, 0.2) is 17.5 Å². The second-order valence-electron chi connectivity index (χ2n) is 8.93. The lowest BCUT2D eigenvalue weighted by Gasteiger charge is -2.14. The molecule has 4 aromatic rings. The number of amides is 2. The third-order valence-electron chi connectivity index (χ3n) is 5.28. The van der Waals surface area contributed by atoms with E-state index in [0.717, 1.165) is 0 Å². The number of carbonyl (C=O) groups excluding carboxylic acids is 1. The van der Waals surface area contributed by atoms with E-state index in [4.69, 9.17) is 0 Å². The van der Waals surface area contributed by atoms with Crippen molar-refractivity contribution in [1.82, 2.24) is 9.78 Å². The van der Waals surface area contributed by atoms with Gasteiger partial charge in [-0.15, -0.1) is 0 Å². The Kier molecular flexibility index (Phi) is 5.98. The summed E-state index contributed by atoms with van der Waals surface area (Å²) < 4.78 is 41.6. The standard InChI is InChI=1S/C25H21F3N4O3/c1-25(2,3)20-12-21(30-24(35)29-14-9-18(26)22(28)19(27)10-14)32(31-20)15-8-13-6-4-5-7-16(13)17(11-15)23(33)34/h4-12H,1-3H3,(H,33,34)(H2,29,30,35). The number of halogens is 3. The number of anilines is 2. The van der Waals surface area contributed by atoms with E-state index in [1.54, 1.807) is 36.4 Å². The lowest BCUT2D eigenvalue weighted by molar-refractivity contribution is 0.0699. The van der Waals surface area contributed by atoms with E-state index in [9.17, 15) is 27.9 Å². The zero-order valence-corrected chi connectivity index (χ0v) is 19.0. The number of benzene rings is 3. The molecule has 2 amide bonds. The predicted molar refractivity (Wildman–Crippen MR) is 126 cm³/mol. The third-order valence-corrected chi connectivity index (χ3v) is 5.28. The van der Waals surface area contributed by atoms with Crippen molar-refractivity contribution in [3.05, 3.63) is 83.3 Å². The Morgan fingerprint density at radius 1 is 0.943 bits per heavy atom. The van der Waals surface area contributed by atoms with Gasteiger partial charge in [-0.1, -0.05) is 45.0 Å². The summed E-state index contributed by atoms with van der Waals surface area (Å²) in [6.07, 6.45) is 0. The number of nitrogens with zero attached hydrogens (tertiary/aromatic N) is 2. The van der Waals surface area contributed by atoms with Gasteiger partial charge in [0.1, 0.15) is 5.82 Å². The molecule has 1 aromatic heterocycles. The predicted octanol–water partition coefficient (Wildman–Crippen LogP) is 6.08. The number of hydrogen-bond acceptors (Lipinski definition) is 3. The Balaban J connectivity index is 1.76. The summed E-state index contributed by atoms with van der Waals surface area (Å²) in [4.78, 5) is 24.5. The number of urea groups is 1. The van der Waals surface area contributed by atoms with Gasteiger partial charge in [-0.3, -0.25) is 5.32 Å². The van der Waals surface area contributed by atoms with Crippen molar-refractivity contribution in [3.63, 3.8) is 0 Å². The zero-order chi connectivity index (χ0) is 25.5. The number of aromatic carboxylic acids is 1. The van der Waals surface area contributed by atoms with Gasteiger partial charge in [0.25, 0.3) is 0 Å². The Morgan fingerprint density at radius 2 is 1.60 bits per heavy atom. The van der Waals surface area contributed by atoms with Crippen LogP contribution in [0.1, 0.15) is 36.8 Å². The molecule has 35 heavy (non-hydrogen) atoms. The van der Waals surface area contributed by atoms with Crippen LogP contribution in [0.3, 0.4) is 0 Å². The first kappa shape index (κ1) is 23.8. The topological polar surface area (TPSA) is 96.2 Å². The summed E-state index contributed by atoms with van der Waals surface area (Å²) in [5.41, 5.74) is 0.314. The molecule has 0 fully saturated rings. The van der Waals surface area contributed by atoms with E-state index in [2.05, 4.69) is 15.7 Å². The fourth-order valence-electron chi connectivity index (χ4n) is 3.53. The van der Waals surface area contributed by atoms with Crippen LogP contribution in [0.5, 0.6) is 0 Å². The second kappa shape index (κ2) is 8.79. The highest BCUT2D eigenvalue weighted by atomic mass is 19.2. The molecule has 3 aromatic carbocycles. The lowest BCUT2D eigenvalue weighted by Crippen LogP contribution is -2.21. The molecule has 1 heterocycles. The minimum Gasteiger partial charge on any atom is -0.478 e. The van der Waals surface area contributed by atoms with Crippen molar-refractivity contribution < 1.29 is 27.9 Å². The van der Waals surface area contributed by atoms with Crippen LogP contribution in [0.25, 0.3) is 16.5 Å². The molecular formula is C25H21F3N4O3. The fourth-order valence-corrected chi connectivity index (χ4v) is 3.53. The minimum atomic E-state index is -1.64. The number of aromatic nitrogens is 2. The van der Waals surface area contributed by atoms with Gasteiger partial charge < -0.3 is 10.4 Å². The van der Waals surface area contributed by atoms with Crippen molar-refractivity contribution in [2.75, 3.05) is 10.6 Å². The maximum absolute atomic E-state index is 13.5. The average Bonchev–Trinajstić information content (AvgIpc) is 3.20. The molecule has 0 aliphatic carbocycles. The molecule has 0 unspecified atom stereocenters. The summed E-state index contributed by atoms with van der Waals surface area (Å²) in [6, 6.07) is 12.2. The number of rotatable bonds is 4. The Hall–Kier alpha value is -4.34. The normalized spacial score (nSPS) is 11.5. The molecule has 3 N–H and O–H groups in total. The summed E-state index contributed by atoms with van der Waals surface area (Å²) in [5, 5.41) is 20.3. The summed E-state index contributed by atoms with van der Waals surface area (Å²) in [7, 11) is 0. The first-order valence-corrected chi connectivity index (χ1v) is 10.5. The van der Waals surface area contributed by atoms with Crippen molar-refractivity contribution in [2.45, 2.75) is 26.2 Å². The molecule has 0 spiro atoms. The molecule has 0 saturated heterocycles. The molecule has 7 nitrogen and oxygen atoms in total. The van der Waals surface area contributed by atoms with E-state index in [0.29, 0.717) is 34.3 Å². The number of fused-ring (bicyclic) bond motifs is 1. The van der Waals surface area contributed by atoms with E-state index < -0.39 is 34.9 Å². The summed E-state index contributed by atoms with van der Waals surface area (Å²) >= 11 is 0. The maximum atomic E-state index is 13.5. The maximum Gasteiger partial charge on any atom is 0.336 e. The molecule has 0 aliphatic heterocycles. The monoisotopic (exact) mass is 482 g/mol. The highest BCUT2D eigenvalue weighted by Gasteiger charge is 2.23. The Morgan fingerprint density at radius 3 is 2.23 bits per heavy atom. The van der Waals surface area contributed by atoms with E-state index >= 15 is 0 Å². The van der Waals surface area contributed by atoms with Crippen LogP contribution in [-0.2, 0) is 5.41 Å². The van der Waals surface area contributed by atoms with Gasteiger partial charge in [0.2, 0.25) is 0 Å². The molecule has 10 heteroatoms. The molecule has 4 rings (SSSR count). The number of nitrogens with one attached hydrogen (secondary N) is 2. The van der Waals surface area contributed by atoms with Gasteiger partial charge in [-0.25, -0.2) is 27.4 Å². The Bertz CT molecular complexity index is 1450. The van der Waals surface area contributed by atoms with E-state index in [1.807, 2.05) is 20.8 Å². The number of hydrogen-bond donors (Lipinski definition) is 3. The highest BCUT2D eigenvalue weighted by molar-refractivity contribution is 6.05. The van der Waals surface area contributed by atoms with Crippen LogP contribution in [0, 0.1) is 17.5 Å². The molecule has 0 bridgehead atoms. The van der Waals surface area contributed by atoms with E-state index in [1.165, 1.54) is 10.7 Å².